The van der Waals surface area contributed by atoms with Crippen LogP contribution in [0.1, 0.15) is 30.7 Å². The molecule has 1 N–H and O–H groups in total. The molecule has 2 rings (SSSR count). The van der Waals surface area contributed by atoms with Gasteiger partial charge in [-0.15, -0.1) is 0 Å². The van der Waals surface area contributed by atoms with E-state index in [1.807, 2.05) is 0 Å². The summed E-state index contributed by atoms with van der Waals surface area (Å²) in [6.07, 6.45) is 4.08. The van der Waals surface area contributed by atoms with Crippen LogP contribution in [0.25, 0.3) is 0 Å². The lowest BCUT2D eigenvalue weighted by Crippen LogP contribution is -2.39. The summed E-state index contributed by atoms with van der Waals surface area (Å²) in [4.78, 5) is 18.1. The fraction of sp³-hybridized carbons (Fsp3) is 0.500. The third kappa shape index (κ3) is 1.43. The van der Waals surface area contributed by atoms with Crippen molar-refractivity contribution in [1.82, 2.24) is 9.97 Å². The Kier molecular flexibility index (Phi) is 2.29. The molecule has 0 bridgehead atoms. The Morgan fingerprint density at radius 3 is 2.80 bits per heavy atom. The number of nitrogens with one attached hydrogen (secondary N) is 1. The van der Waals surface area contributed by atoms with Gasteiger partial charge in [0, 0.05) is 7.11 Å². The number of ether oxygens (including phenoxy) is 1. The molecular formula is C10H11N3O2. The Morgan fingerprint density at radius 1 is 1.67 bits per heavy atom. The number of hydrogen-bond acceptors (Lipinski definition) is 4. The molecule has 0 radical (unpaired) electrons. The lowest BCUT2D eigenvalue weighted by Gasteiger charge is -2.38. The van der Waals surface area contributed by atoms with Gasteiger partial charge in [-0.05, 0) is 19.3 Å². The molecule has 1 fully saturated rings. The highest BCUT2D eigenvalue weighted by molar-refractivity contribution is 5.23. The standard InChI is InChI=1S/C10H11N3O2/c1-15-10(3-2-4-10)9-12-6-7(5-11)8(14)13-9/h6H,2-4H2,1H3,(H,12,13,14). The van der Waals surface area contributed by atoms with Crippen LogP contribution >= 0.6 is 0 Å². The molecular weight excluding hydrogens is 194 g/mol. The number of rotatable bonds is 2. The summed E-state index contributed by atoms with van der Waals surface area (Å²) in [5.74, 6) is 0.528. The summed E-state index contributed by atoms with van der Waals surface area (Å²) in [6.45, 7) is 0. The number of nitriles is 1. The highest BCUT2D eigenvalue weighted by atomic mass is 16.5. The van der Waals surface area contributed by atoms with Gasteiger partial charge in [0.1, 0.15) is 23.1 Å². The first-order valence-corrected chi connectivity index (χ1v) is 4.77. The van der Waals surface area contributed by atoms with Gasteiger partial charge < -0.3 is 9.72 Å². The molecule has 1 aliphatic rings. The fourth-order valence-electron chi connectivity index (χ4n) is 1.74. The Morgan fingerprint density at radius 2 is 2.40 bits per heavy atom. The van der Waals surface area contributed by atoms with Crippen LogP contribution in [-0.4, -0.2) is 17.1 Å². The molecule has 0 aromatic carbocycles. The minimum Gasteiger partial charge on any atom is -0.370 e. The third-order valence-corrected chi connectivity index (χ3v) is 2.90. The van der Waals surface area contributed by atoms with Gasteiger partial charge in [-0.1, -0.05) is 0 Å². The zero-order chi connectivity index (χ0) is 10.9. The maximum atomic E-state index is 11.4. The molecule has 1 heterocycles. The third-order valence-electron chi connectivity index (χ3n) is 2.90. The number of methoxy groups -OCH3 is 1. The van der Waals surface area contributed by atoms with Crippen LogP contribution in [0.3, 0.4) is 0 Å². The zero-order valence-electron chi connectivity index (χ0n) is 8.41. The van der Waals surface area contributed by atoms with E-state index in [2.05, 4.69) is 9.97 Å². The summed E-state index contributed by atoms with van der Waals surface area (Å²) in [5, 5.41) is 8.60. The zero-order valence-corrected chi connectivity index (χ0v) is 8.41. The van der Waals surface area contributed by atoms with Gasteiger partial charge in [-0.2, -0.15) is 5.26 Å². The van der Waals surface area contributed by atoms with Crippen molar-refractivity contribution in [3.05, 3.63) is 27.9 Å². The van der Waals surface area contributed by atoms with Crippen LogP contribution in [0.5, 0.6) is 0 Å². The SMILES string of the molecule is COC1(c2ncc(C#N)c(=O)[nH]2)CCC1. The van der Waals surface area contributed by atoms with Crippen molar-refractivity contribution in [2.24, 2.45) is 0 Å². The van der Waals surface area contributed by atoms with Gasteiger partial charge in [0.05, 0.1) is 6.20 Å². The molecule has 5 heteroatoms. The van der Waals surface area contributed by atoms with Gasteiger partial charge in [0.2, 0.25) is 0 Å². The van der Waals surface area contributed by atoms with Crippen LogP contribution < -0.4 is 5.56 Å². The number of hydrogen-bond donors (Lipinski definition) is 1. The average Bonchev–Trinajstić information content (AvgIpc) is 2.17. The molecule has 15 heavy (non-hydrogen) atoms. The van der Waals surface area contributed by atoms with E-state index in [-0.39, 0.29) is 5.56 Å². The number of nitrogens with zero attached hydrogens (tertiary/aromatic N) is 2. The van der Waals surface area contributed by atoms with Crippen LogP contribution in [0.2, 0.25) is 0 Å². The molecule has 0 unspecified atom stereocenters. The normalized spacial score (nSPS) is 17.9. The van der Waals surface area contributed by atoms with Crippen molar-refractivity contribution in [3.63, 3.8) is 0 Å². The van der Waals surface area contributed by atoms with Crippen molar-refractivity contribution in [2.45, 2.75) is 24.9 Å². The first-order valence-electron chi connectivity index (χ1n) is 4.77. The summed E-state index contributed by atoms with van der Waals surface area (Å²) in [7, 11) is 1.61. The van der Waals surface area contributed by atoms with Gasteiger partial charge in [-0.25, -0.2) is 4.98 Å². The van der Waals surface area contributed by atoms with Crippen molar-refractivity contribution >= 4 is 0 Å². The second kappa shape index (κ2) is 3.48. The predicted molar refractivity (Wildman–Crippen MR) is 52.1 cm³/mol. The van der Waals surface area contributed by atoms with E-state index in [4.69, 9.17) is 10.00 Å². The van der Waals surface area contributed by atoms with Gasteiger partial charge in [-0.3, -0.25) is 4.79 Å². The molecule has 0 saturated heterocycles. The van der Waals surface area contributed by atoms with Crippen molar-refractivity contribution in [1.29, 1.82) is 5.26 Å². The van der Waals surface area contributed by atoms with Crippen molar-refractivity contribution in [2.75, 3.05) is 7.11 Å². The van der Waals surface area contributed by atoms with Crippen LogP contribution in [0, 0.1) is 11.3 Å². The molecule has 0 amide bonds. The molecule has 1 aliphatic carbocycles. The second-order valence-electron chi connectivity index (χ2n) is 3.64. The first kappa shape index (κ1) is 9.87. The van der Waals surface area contributed by atoms with E-state index < -0.39 is 11.2 Å². The molecule has 1 aromatic rings. The van der Waals surface area contributed by atoms with E-state index in [9.17, 15) is 4.79 Å². The fourth-order valence-corrected chi connectivity index (χ4v) is 1.74. The van der Waals surface area contributed by atoms with E-state index in [1.54, 1.807) is 13.2 Å². The smallest absolute Gasteiger partial charge is 0.268 e. The number of H-pyrrole nitrogens is 1. The monoisotopic (exact) mass is 205 g/mol. The molecule has 0 atom stereocenters. The Labute approximate surface area is 86.7 Å². The Hall–Kier alpha value is -1.67. The van der Waals surface area contributed by atoms with E-state index >= 15 is 0 Å². The highest BCUT2D eigenvalue weighted by Gasteiger charge is 2.41. The number of aromatic amines is 1. The highest BCUT2D eigenvalue weighted by Crippen LogP contribution is 2.41. The van der Waals surface area contributed by atoms with Gasteiger partial charge in [0.15, 0.2) is 0 Å². The predicted octanol–water partition coefficient (Wildman–Crippen LogP) is 0.667. The summed E-state index contributed by atoms with van der Waals surface area (Å²) >= 11 is 0. The molecule has 1 aromatic heterocycles. The largest absolute Gasteiger partial charge is 0.370 e. The van der Waals surface area contributed by atoms with E-state index in [0.717, 1.165) is 19.3 Å². The van der Waals surface area contributed by atoms with Crippen molar-refractivity contribution in [3.8, 4) is 6.07 Å². The van der Waals surface area contributed by atoms with Gasteiger partial charge >= 0.3 is 0 Å². The van der Waals surface area contributed by atoms with Crippen molar-refractivity contribution < 1.29 is 4.74 Å². The van der Waals surface area contributed by atoms with Crippen LogP contribution in [-0.2, 0) is 10.3 Å². The second-order valence-corrected chi connectivity index (χ2v) is 3.64. The lowest BCUT2D eigenvalue weighted by molar-refractivity contribution is -0.0848. The Bertz CT molecular complexity index is 463. The quantitative estimate of drug-likeness (QED) is 0.769. The molecule has 78 valence electrons. The summed E-state index contributed by atoms with van der Waals surface area (Å²) < 4.78 is 5.37. The maximum absolute atomic E-state index is 11.4. The minimum absolute atomic E-state index is 0.0318. The molecule has 0 aliphatic heterocycles. The summed E-state index contributed by atoms with van der Waals surface area (Å²) in [5.41, 5.74) is -0.803. The van der Waals surface area contributed by atoms with Gasteiger partial charge in [0.25, 0.3) is 5.56 Å². The van der Waals surface area contributed by atoms with Crippen LogP contribution in [0.15, 0.2) is 11.0 Å². The maximum Gasteiger partial charge on any atom is 0.268 e. The first-order chi connectivity index (χ1) is 7.22. The van der Waals surface area contributed by atoms with E-state index in [0.29, 0.717) is 5.82 Å². The van der Waals surface area contributed by atoms with E-state index in [1.165, 1.54) is 6.20 Å². The Balaban J connectivity index is 2.43. The molecule has 1 saturated carbocycles. The molecule has 0 spiro atoms. The minimum atomic E-state index is -0.437. The number of aromatic nitrogens is 2. The van der Waals surface area contributed by atoms with Crippen LogP contribution in [0.4, 0.5) is 0 Å². The summed E-state index contributed by atoms with van der Waals surface area (Å²) in [6, 6.07) is 1.78. The molecule has 5 nitrogen and oxygen atoms in total. The average molecular weight is 205 g/mol. The lowest BCUT2D eigenvalue weighted by atomic mass is 9.79. The topological polar surface area (TPSA) is 78.8 Å².